The molecule has 23 heavy (non-hydrogen) atoms. The summed E-state index contributed by atoms with van der Waals surface area (Å²) in [6.07, 6.45) is 1.83. The van der Waals surface area contributed by atoms with Gasteiger partial charge in [0.05, 0.1) is 5.69 Å². The van der Waals surface area contributed by atoms with Crippen molar-refractivity contribution in [2.75, 3.05) is 13.1 Å². The normalized spacial score (nSPS) is 19.2. The molecule has 0 saturated carbocycles. The fourth-order valence-corrected chi connectivity index (χ4v) is 3.61. The molecule has 0 bridgehead atoms. The highest BCUT2D eigenvalue weighted by Crippen LogP contribution is 2.31. The third kappa shape index (κ3) is 4.81. The van der Waals surface area contributed by atoms with Crippen molar-refractivity contribution >= 4 is 57.0 Å². The molecule has 5 nitrogen and oxygen atoms in total. The molecule has 1 aromatic rings. The molecule has 1 aromatic carbocycles. The summed E-state index contributed by atoms with van der Waals surface area (Å²) in [7, 11) is 0. The maximum absolute atomic E-state index is 12.5. The lowest BCUT2D eigenvalue weighted by atomic mass is 10.2. The smallest absolute Gasteiger partial charge is 0.242 e. The first-order valence-corrected chi connectivity index (χ1v) is 9.21. The highest BCUT2D eigenvalue weighted by molar-refractivity contribution is 14.1. The Morgan fingerprint density at radius 2 is 2.17 bits per heavy atom. The van der Waals surface area contributed by atoms with Crippen molar-refractivity contribution in [2.24, 2.45) is 4.99 Å². The summed E-state index contributed by atoms with van der Waals surface area (Å²) in [6.45, 7) is 6.49. The number of hydrogen-bond acceptors (Lipinski definition) is 4. The number of benzene rings is 1. The Kier molecular flexibility index (Phi) is 6.64. The number of halogens is 1. The first-order valence-electron chi connectivity index (χ1n) is 7.25. The number of aliphatic imine (C=N–C) groups is 1. The van der Waals surface area contributed by atoms with Gasteiger partial charge in [0, 0.05) is 23.1 Å². The minimum atomic E-state index is -0.427. The van der Waals surface area contributed by atoms with Gasteiger partial charge in [0.1, 0.15) is 5.25 Å². The van der Waals surface area contributed by atoms with Crippen molar-refractivity contribution in [1.82, 2.24) is 10.2 Å². The van der Waals surface area contributed by atoms with E-state index in [1.807, 2.05) is 31.2 Å². The van der Waals surface area contributed by atoms with E-state index < -0.39 is 5.25 Å². The van der Waals surface area contributed by atoms with Gasteiger partial charge in [-0.1, -0.05) is 17.8 Å². The quantitative estimate of drug-likeness (QED) is 0.544. The molecule has 1 N–H and O–H groups in total. The van der Waals surface area contributed by atoms with Crippen LogP contribution in [0.5, 0.6) is 0 Å². The van der Waals surface area contributed by atoms with E-state index in [9.17, 15) is 9.59 Å². The van der Waals surface area contributed by atoms with E-state index >= 15 is 0 Å². The molecule has 1 fully saturated rings. The van der Waals surface area contributed by atoms with Crippen LogP contribution < -0.4 is 5.32 Å². The number of hydrogen-bond donors (Lipinski definition) is 1. The molecular formula is C16H18IN3O2S. The molecule has 2 amide bonds. The summed E-state index contributed by atoms with van der Waals surface area (Å²) in [5.41, 5.74) is 0.786. The molecule has 1 atom stereocenters. The third-order valence-electron chi connectivity index (χ3n) is 3.13. The van der Waals surface area contributed by atoms with Crippen molar-refractivity contribution in [1.29, 1.82) is 0 Å². The van der Waals surface area contributed by atoms with Gasteiger partial charge >= 0.3 is 0 Å². The molecule has 0 aromatic heterocycles. The summed E-state index contributed by atoms with van der Waals surface area (Å²) >= 11 is 3.57. The van der Waals surface area contributed by atoms with Gasteiger partial charge in [0.25, 0.3) is 0 Å². The van der Waals surface area contributed by atoms with Crippen LogP contribution in [-0.4, -0.2) is 40.2 Å². The van der Waals surface area contributed by atoms with Gasteiger partial charge in [-0.3, -0.25) is 14.5 Å². The van der Waals surface area contributed by atoms with Gasteiger partial charge in [-0.05, 0) is 53.8 Å². The fourth-order valence-electron chi connectivity index (χ4n) is 2.09. The van der Waals surface area contributed by atoms with Gasteiger partial charge < -0.3 is 5.32 Å². The molecule has 2 rings (SSSR count). The van der Waals surface area contributed by atoms with Gasteiger partial charge in [-0.2, -0.15) is 0 Å². The number of nitrogens with zero attached hydrogens (tertiary/aromatic N) is 2. The van der Waals surface area contributed by atoms with E-state index in [0.717, 1.165) is 9.26 Å². The first-order chi connectivity index (χ1) is 11.0. The molecular weight excluding hydrogens is 425 g/mol. The van der Waals surface area contributed by atoms with Gasteiger partial charge in [-0.25, -0.2) is 4.99 Å². The van der Waals surface area contributed by atoms with Crippen molar-refractivity contribution < 1.29 is 9.59 Å². The largest absolute Gasteiger partial charge is 0.356 e. The molecule has 0 spiro atoms. The molecule has 122 valence electrons. The molecule has 7 heteroatoms. The molecule has 1 saturated heterocycles. The van der Waals surface area contributed by atoms with E-state index in [0.29, 0.717) is 18.3 Å². The van der Waals surface area contributed by atoms with E-state index in [1.165, 1.54) is 11.8 Å². The van der Waals surface area contributed by atoms with Crippen LogP contribution in [0.25, 0.3) is 0 Å². The van der Waals surface area contributed by atoms with Gasteiger partial charge in [0.15, 0.2) is 5.17 Å². The molecule has 1 heterocycles. The van der Waals surface area contributed by atoms with Crippen LogP contribution >= 0.6 is 34.4 Å². The Morgan fingerprint density at radius 3 is 2.78 bits per heavy atom. The highest BCUT2D eigenvalue weighted by Gasteiger charge is 2.38. The van der Waals surface area contributed by atoms with E-state index in [1.54, 1.807) is 11.0 Å². The fraction of sp³-hybridized carbons (Fsp3) is 0.312. The number of rotatable bonds is 6. The Hall–Kier alpha value is -1.35. The van der Waals surface area contributed by atoms with Crippen LogP contribution in [0.15, 0.2) is 41.9 Å². The average Bonchev–Trinajstić information content (AvgIpc) is 2.79. The zero-order chi connectivity index (χ0) is 16.8. The number of nitrogens with one attached hydrogen (secondary N) is 1. The summed E-state index contributed by atoms with van der Waals surface area (Å²) in [5, 5.41) is 2.92. The van der Waals surface area contributed by atoms with Crippen molar-refractivity contribution in [3.8, 4) is 0 Å². The van der Waals surface area contributed by atoms with Gasteiger partial charge in [-0.15, -0.1) is 6.58 Å². The highest BCUT2D eigenvalue weighted by atomic mass is 127. The number of amides is 2. The number of thioether (sulfide) groups is 1. The van der Waals surface area contributed by atoms with Crippen molar-refractivity contribution in [2.45, 2.75) is 18.6 Å². The second kappa shape index (κ2) is 8.49. The third-order valence-corrected chi connectivity index (χ3v) is 5.02. The molecule has 1 aliphatic heterocycles. The van der Waals surface area contributed by atoms with Gasteiger partial charge in [0.2, 0.25) is 11.8 Å². The molecule has 1 unspecified atom stereocenters. The molecule has 0 aliphatic carbocycles. The van der Waals surface area contributed by atoms with Crippen LogP contribution in [-0.2, 0) is 9.59 Å². The van der Waals surface area contributed by atoms with E-state index in [4.69, 9.17) is 0 Å². The Labute approximate surface area is 153 Å². The van der Waals surface area contributed by atoms with Crippen LogP contribution in [0.4, 0.5) is 5.69 Å². The average molecular weight is 443 g/mol. The SMILES string of the molecule is C=CCN1C(=O)C(CC(=O)NCC)SC1=Nc1ccc(I)cc1. The number of carbonyl (C=O) groups is 2. The van der Waals surface area contributed by atoms with Crippen LogP contribution in [0.3, 0.4) is 0 Å². The molecule has 0 radical (unpaired) electrons. The predicted molar refractivity (Wildman–Crippen MR) is 103 cm³/mol. The lowest BCUT2D eigenvalue weighted by molar-refractivity contribution is -0.129. The zero-order valence-corrected chi connectivity index (χ0v) is 15.8. The Balaban J connectivity index is 2.20. The predicted octanol–water partition coefficient (Wildman–Crippen LogP) is 2.93. The van der Waals surface area contributed by atoms with E-state index in [-0.39, 0.29) is 18.2 Å². The first kappa shape index (κ1) is 18.0. The zero-order valence-electron chi connectivity index (χ0n) is 12.8. The van der Waals surface area contributed by atoms with Crippen LogP contribution in [0, 0.1) is 3.57 Å². The Bertz CT molecular complexity index is 631. The monoisotopic (exact) mass is 443 g/mol. The molecule has 1 aliphatic rings. The lowest BCUT2D eigenvalue weighted by Gasteiger charge is -2.13. The number of carbonyl (C=O) groups excluding carboxylic acids is 2. The second-order valence-electron chi connectivity index (χ2n) is 4.87. The van der Waals surface area contributed by atoms with Crippen molar-refractivity contribution in [3.05, 3.63) is 40.5 Å². The van der Waals surface area contributed by atoms with Crippen molar-refractivity contribution in [3.63, 3.8) is 0 Å². The lowest BCUT2D eigenvalue weighted by Crippen LogP contribution is -2.34. The second-order valence-corrected chi connectivity index (χ2v) is 7.29. The summed E-state index contributed by atoms with van der Waals surface area (Å²) in [5.74, 6) is -0.210. The standard InChI is InChI=1S/C16H18IN3O2S/c1-3-9-20-15(22)13(10-14(21)18-4-2)23-16(20)19-12-7-5-11(17)6-8-12/h3,5-8,13H,1,4,9-10H2,2H3,(H,18,21). The van der Waals surface area contributed by atoms with Crippen LogP contribution in [0.2, 0.25) is 0 Å². The van der Waals surface area contributed by atoms with Crippen LogP contribution in [0.1, 0.15) is 13.3 Å². The summed E-state index contributed by atoms with van der Waals surface area (Å²) in [6, 6.07) is 7.74. The number of amidine groups is 1. The topological polar surface area (TPSA) is 61.8 Å². The summed E-state index contributed by atoms with van der Waals surface area (Å²) < 4.78 is 1.12. The minimum Gasteiger partial charge on any atom is -0.356 e. The maximum atomic E-state index is 12.5. The Morgan fingerprint density at radius 1 is 1.48 bits per heavy atom. The van der Waals surface area contributed by atoms with E-state index in [2.05, 4.69) is 39.5 Å². The summed E-state index contributed by atoms with van der Waals surface area (Å²) in [4.78, 5) is 30.4. The maximum Gasteiger partial charge on any atom is 0.242 e. The minimum absolute atomic E-state index is 0.0922.